The van der Waals surface area contributed by atoms with E-state index < -0.39 is 0 Å². The van der Waals surface area contributed by atoms with Crippen LogP contribution in [0.15, 0.2) is 29.2 Å². The summed E-state index contributed by atoms with van der Waals surface area (Å²) in [5, 5.41) is 0. The number of hydrogen-bond acceptors (Lipinski definition) is 2. The van der Waals surface area contributed by atoms with Crippen molar-refractivity contribution in [2.24, 2.45) is 0 Å². The van der Waals surface area contributed by atoms with Crippen molar-refractivity contribution in [2.75, 3.05) is 13.1 Å². The quantitative estimate of drug-likeness (QED) is 0.715. The summed E-state index contributed by atoms with van der Waals surface area (Å²) in [4.78, 5) is 1.45. The van der Waals surface area contributed by atoms with Gasteiger partial charge in [0.1, 0.15) is 0 Å². The average Bonchev–Trinajstić information content (AvgIpc) is 2.58. The van der Waals surface area contributed by atoms with Crippen LogP contribution in [0.25, 0.3) is 0 Å². The third kappa shape index (κ3) is 3.75. The zero-order chi connectivity index (χ0) is 12.1. The molecule has 1 fully saturated rings. The molecule has 94 valence electrons. The van der Waals surface area contributed by atoms with E-state index in [-0.39, 0.29) is 0 Å². The standard InChI is InChI=1S/C15H23NS/c1-13(2)14-9-5-6-10-15(14)17-16-11-7-3-4-8-12-16/h5-6,9-10,13H,3-4,7-8,11-12H2,1-2H3. The molecule has 1 heterocycles. The summed E-state index contributed by atoms with van der Waals surface area (Å²) in [6.45, 7) is 7.05. The Morgan fingerprint density at radius 3 is 2.29 bits per heavy atom. The Balaban J connectivity index is 2.06. The van der Waals surface area contributed by atoms with Gasteiger partial charge in [-0.1, -0.05) is 44.9 Å². The molecule has 1 aliphatic rings. The molecule has 0 aliphatic carbocycles. The van der Waals surface area contributed by atoms with Gasteiger partial charge in [-0.3, -0.25) is 0 Å². The maximum Gasteiger partial charge on any atom is 0.0264 e. The number of hydrogen-bond donors (Lipinski definition) is 0. The molecule has 1 aromatic carbocycles. The Bertz CT molecular complexity index is 341. The maximum absolute atomic E-state index is 2.55. The minimum absolute atomic E-state index is 0.616. The molecular weight excluding hydrogens is 226 g/mol. The molecule has 17 heavy (non-hydrogen) atoms. The highest BCUT2D eigenvalue weighted by atomic mass is 32.2. The van der Waals surface area contributed by atoms with E-state index in [9.17, 15) is 0 Å². The van der Waals surface area contributed by atoms with Gasteiger partial charge in [0, 0.05) is 18.0 Å². The van der Waals surface area contributed by atoms with Crippen LogP contribution in [0, 0.1) is 0 Å². The Kier molecular flexibility index (Phi) is 4.93. The van der Waals surface area contributed by atoms with Crippen LogP contribution in [-0.4, -0.2) is 17.4 Å². The lowest BCUT2D eigenvalue weighted by molar-refractivity contribution is 0.489. The molecule has 2 heteroatoms. The van der Waals surface area contributed by atoms with Crippen molar-refractivity contribution in [2.45, 2.75) is 50.3 Å². The van der Waals surface area contributed by atoms with Crippen LogP contribution in [-0.2, 0) is 0 Å². The second kappa shape index (κ2) is 6.46. The Labute approximate surface area is 110 Å². The first-order chi connectivity index (χ1) is 8.27. The summed E-state index contributed by atoms with van der Waals surface area (Å²) in [5.41, 5.74) is 1.49. The second-order valence-electron chi connectivity index (χ2n) is 5.13. The van der Waals surface area contributed by atoms with Crippen LogP contribution < -0.4 is 0 Å². The van der Waals surface area contributed by atoms with Crippen LogP contribution in [0.4, 0.5) is 0 Å². The summed E-state index contributed by atoms with van der Waals surface area (Å²) < 4.78 is 2.55. The van der Waals surface area contributed by atoms with Gasteiger partial charge in [-0.2, -0.15) is 0 Å². The minimum atomic E-state index is 0.616. The van der Waals surface area contributed by atoms with Crippen molar-refractivity contribution in [3.05, 3.63) is 29.8 Å². The predicted molar refractivity (Wildman–Crippen MR) is 76.4 cm³/mol. The van der Waals surface area contributed by atoms with Crippen molar-refractivity contribution in [3.63, 3.8) is 0 Å². The molecule has 1 aromatic rings. The predicted octanol–water partition coefficient (Wildman–Crippen LogP) is 4.69. The third-order valence-electron chi connectivity index (χ3n) is 3.33. The highest BCUT2D eigenvalue weighted by Crippen LogP contribution is 2.31. The summed E-state index contributed by atoms with van der Waals surface area (Å²) >= 11 is 1.97. The van der Waals surface area contributed by atoms with Crippen LogP contribution in [0.3, 0.4) is 0 Å². The van der Waals surface area contributed by atoms with Gasteiger partial charge < -0.3 is 0 Å². The molecule has 0 aromatic heterocycles. The van der Waals surface area contributed by atoms with Gasteiger partial charge in [0.2, 0.25) is 0 Å². The zero-order valence-corrected chi connectivity index (χ0v) is 11.8. The molecule has 0 saturated carbocycles. The molecule has 0 spiro atoms. The molecular formula is C15H23NS. The molecule has 0 amide bonds. The fraction of sp³-hybridized carbons (Fsp3) is 0.600. The maximum atomic E-state index is 2.55. The third-order valence-corrected chi connectivity index (χ3v) is 4.53. The normalized spacial score (nSPS) is 18.3. The first-order valence-electron chi connectivity index (χ1n) is 6.79. The monoisotopic (exact) mass is 249 g/mol. The summed E-state index contributed by atoms with van der Waals surface area (Å²) in [5.74, 6) is 0.616. The van der Waals surface area contributed by atoms with E-state index in [1.54, 1.807) is 0 Å². The van der Waals surface area contributed by atoms with Crippen molar-refractivity contribution in [3.8, 4) is 0 Å². The largest absolute Gasteiger partial charge is 0.246 e. The molecule has 1 nitrogen and oxygen atoms in total. The van der Waals surface area contributed by atoms with E-state index in [0.717, 1.165) is 0 Å². The summed E-state index contributed by atoms with van der Waals surface area (Å²) in [6, 6.07) is 8.85. The van der Waals surface area contributed by atoms with Crippen molar-refractivity contribution in [1.82, 2.24) is 4.31 Å². The Morgan fingerprint density at radius 1 is 1.00 bits per heavy atom. The Morgan fingerprint density at radius 2 is 1.65 bits per heavy atom. The van der Waals surface area contributed by atoms with Crippen LogP contribution in [0.1, 0.15) is 51.0 Å². The van der Waals surface area contributed by atoms with Gasteiger partial charge in [0.15, 0.2) is 0 Å². The number of nitrogens with zero attached hydrogens (tertiary/aromatic N) is 1. The first-order valence-corrected chi connectivity index (χ1v) is 7.56. The molecule has 0 N–H and O–H groups in total. The lowest BCUT2D eigenvalue weighted by Gasteiger charge is -2.21. The van der Waals surface area contributed by atoms with E-state index in [0.29, 0.717) is 5.92 Å². The molecule has 0 radical (unpaired) electrons. The average molecular weight is 249 g/mol. The molecule has 2 rings (SSSR count). The first kappa shape index (κ1) is 13.0. The SMILES string of the molecule is CC(C)c1ccccc1SN1CCCCCC1. The van der Waals surface area contributed by atoms with E-state index in [4.69, 9.17) is 0 Å². The van der Waals surface area contributed by atoms with E-state index in [2.05, 4.69) is 42.4 Å². The topological polar surface area (TPSA) is 3.24 Å². The molecule has 1 aliphatic heterocycles. The molecule has 0 atom stereocenters. The molecule has 1 saturated heterocycles. The second-order valence-corrected chi connectivity index (χ2v) is 6.27. The highest BCUT2D eigenvalue weighted by molar-refractivity contribution is 7.97. The Hall–Kier alpha value is -0.470. The smallest absolute Gasteiger partial charge is 0.0264 e. The van der Waals surface area contributed by atoms with E-state index in [1.807, 2.05) is 11.9 Å². The van der Waals surface area contributed by atoms with Crippen molar-refractivity contribution in [1.29, 1.82) is 0 Å². The highest BCUT2D eigenvalue weighted by Gasteiger charge is 2.13. The zero-order valence-electron chi connectivity index (χ0n) is 11.0. The molecule has 0 unspecified atom stereocenters. The van der Waals surface area contributed by atoms with Gasteiger partial charge in [0.25, 0.3) is 0 Å². The fourth-order valence-corrected chi connectivity index (χ4v) is 3.58. The fourth-order valence-electron chi connectivity index (χ4n) is 2.31. The van der Waals surface area contributed by atoms with Crippen molar-refractivity contribution >= 4 is 11.9 Å². The van der Waals surface area contributed by atoms with E-state index >= 15 is 0 Å². The molecule has 0 bridgehead atoms. The lowest BCUT2D eigenvalue weighted by Crippen LogP contribution is -2.16. The van der Waals surface area contributed by atoms with Gasteiger partial charge in [-0.25, -0.2) is 4.31 Å². The van der Waals surface area contributed by atoms with Gasteiger partial charge in [0.05, 0.1) is 0 Å². The summed E-state index contributed by atoms with van der Waals surface area (Å²) in [6.07, 6.45) is 5.53. The lowest BCUT2D eigenvalue weighted by atomic mass is 10.0. The van der Waals surface area contributed by atoms with Gasteiger partial charge in [-0.15, -0.1) is 0 Å². The van der Waals surface area contributed by atoms with Crippen molar-refractivity contribution < 1.29 is 0 Å². The van der Waals surface area contributed by atoms with Gasteiger partial charge >= 0.3 is 0 Å². The number of benzene rings is 1. The minimum Gasteiger partial charge on any atom is -0.246 e. The van der Waals surface area contributed by atoms with Crippen LogP contribution in [0.5, 0.6) is 0 Å². The number of rotatable bonds is 3. The van der Waals surface area contributed by atoms with E-state index in [1.165, 1.54) is 49.2 Å². The van der Waals surface area contributed by atoms with Crippen LogP contribution >= 0.6 is 11.9 Å². The summed E-state index contributed by atoms with van der Waals surface area (Å²) in [7, 11) is 0. The van der Waals surface area contributed by atoms with Crippen LogP contribution in [0.2, 0.25) is 0 Å². The van der Waals surface area contributed by atoms with Gasteiger partial charge in [-0.05, 0) is 42.3 Å².